The smallest absolute Gasteiger partial charge is 0.270 e. The first-order chi connectivity index (χ1) is 9.54. The van der Waals surface area contributed by atoms with Gasteiger partial charge in [0.15, 0.2) is 0 Å². The topological polar surface area (TPSA) is 73.6 Å². The molecule has 6 heteroatoms. The summed E-state index contributed by atoms with van der Waals surface area (Å²) in [4.78, 5) is 10.4. The van der Waals surface area contributed by atoms with Crippen LogP contribution in [0.15, 0.2) is 18.2 Å². The molecule has 0 radical (unpaired) electrons. The van der Waals surface area contributed by atoms with E-state index in [2.05, 4.69) is 5.32 Å². The summed E-state index contributed by atoms with van der Waals surface area (Å²) in [7, 11) is 0. The molecule has 0 aromatic heterocycles. The maximum absolute atomic E-state index is 10.8. The fourth-order valence-corrected chi connectivity index (χ4v) is 1.63. The van der Waals surface area contributed by atoms with Gasteiger partial charge in [0.1, 0.15) is 12.4 Å². The summed E-state index contributed by atoms with van der Waals surface area (Å²) in [5, 5.41) is 14.1. The molecular weight excluding hydrogens is 260 g/mol. The number of nitrogens with zero attached hydrogens (tertiary/aromatic N) is 1. The van der Waals surface area contributed by atoms with E-state index in [9.17, 15) is 10.1 Å². The second kappa shape index (κ2) is 8.50. The van der Waals surface area contributed by atoms with Gasteiger partial charge in [-0.05, 0) is 13.0 Å². The van der Waals surface area contributed by atoms with Crippen LogP contribution in [0.2, 0.25) is 0 Å². The first-order valence-corrected chi connectivity index (χ1v) is 6.75. The average Bonchev–Trinajstić information content (AvgIpc) is 2.41. The van der Waals surface area contributed by atoms with Gasteiger partial charge in [-0.3, -0.25) is 10.1 Å². The van der Waals surface area contributed by atoms with Gasteiger partial charge >= 0.3 is 0 Å². The number of nitrogens with one attached hydrogen (secondary N) is 1. The Balaban J connectivity index is 2.76. The lowest BCUT2D eigenvalue weighted by molar-refractivity contribution is -0.384. The van der Waals surface area contributed by atoms with E-state index >= 15 is 0 Å². The molecule has 1 rings (SSSR count). The SMILES string of the molecule is CCOCCOc1ccc([N+](=O)[O-])cc1CNC(C)C. The highest BCUT2D eigenvalue weighted by molar-refractivity contribution is 5.43. The Morgan fingerprint density at radius 3 is 2.70 bits per heavy atom. The average molecular weight is 282 g/mol. The van der Waals surface area contributed by atoms with Gasteiger partial charge in [-0.2, -0.15) is 0 Å². The van der Waals surface area contributed by atoms with Crippen molar-refractivity contribution in [2.24, 2.45) is 0 Å². The van der Waals surface area contributed by atoms with Gasteiger partial charge in [0.2, 0.25) is 0 Å². The summed E-state index contributed by atoms with van der Waals surface area (Å²) >= 11 is 0. The second-order valence-corrected chi connectivity index (χ2v) is 4.63. The standard InChI is InChI=1S/C14H22N2O4/c1-4-19-7-8-20-14-6-5-13(16(17)18)9-12(14)10-15-11(2)3/h5-6,9,11,15H,4,7-8,10H2,1-3H3. The molecule has 20 heavy (non-hydrogen) atoms. The molecule has 0 saturated carbocycles. The third kappa shape index (κ3) is 5.54. The van der Waals surface area contributed by atoms with Crippen molar-refractivity contribution in [1.29, 1.82) is 0 Å². The molecule has 0 bridgehead atoms. The van der Waals surface area contributed by atoms with Crippen LogP contribution in [0.4, 0.5) is 5.69 Å². The summed E-state index contributed by atoms with van der Waals surface area (Å²) in [5.74, 6) is 0.656. The Morgan fingerprint density at radius 1 is 1.35 bits per heavy atom. The molecule has 0 aliphatic carbocycles. The molecule has 0 amide bonds. The fourth-order valence-electron chi connectivity index (χ4n) is 1.63. The van der Waals surface area contributed by atoms with Crippen molar-refractivity contribution in [2.45, 2.75) is 33.4 Å². The van der Waals surface area contributed by atoms with Gasteiger partial charge in [-0.25, -0.2) is 0 Å². The maximum atomic E-state index is 10.8. The molecule has 0 aliphatic rings. The zero-order valence-electron chi connectivity index (χ0n) is 12.2. The Morgan fingerprint density at radius 2 is 2.10 bits per heavy atom. The number of hydrogen-bond acceptors (Lipinski definition) is 5. The molecule has 0 saturated heterocycles. The van der Waals surface area contributed by atoms with Crippen molar-refractivity contribution < 1.29 is 14.4 Å². The molecule has 0 atom stereocenters. The third-order valence-corrected chi connectivity index (χ3v) is 2.65. The van der Waals surface area contributed by atoms with Crippen molar-refractivity contribution in [1.82, 2.24) is 5.32 Å². The summed E-state index contributed by atoms with van der Waals surface area (Å²) < 4.78 is 10.8. The first-order valence-electron chi connectivity index (χ1n) is 6.75. The summed E-state index contributed by atoms with van der Waals surface area (Å²) in [6.45, 7) is 8.07. The number of benzene rings is 1. The molecule has 112 valence electrons. The van der Waals surface area contributed by atoms with Crippen molar-refractivity contribution in [3.8, 4) is 5.75 Å². The normalized spacial score (nSPS) is 10.8. The summed E-state index contributed by atoms with van der Waals surface area (Å²) in [6.07, 6.45) is 0. The minimum atomic E-state index is -0.400. The molecular formula is C14H22N2O4. The predicted molar refractivity (Wildman–Crippen MR) is 77.1 cm³/mol. The number of nitro benzene ring substituents is 1. The van der Waals surface area contributed by atoms with Gasteiger partial charge in [-0.15, -0.1) is 0 Å². The lowest BCUT2D eigenvalue weighted by Gasteiger charge is -2.13. The van der Waals surface area contributed by atoms with Crippen molar-refractivity contribution >= 4 is 5.69 Å². The molecule has 1 aromatic carbocycles. The third-order valence-electron chi connectivity index (χ3n) is 2.65. The van der Waals surface area contributed by atoms with Gasteiger partial charge in [-0.1, -0.05) is 13.8 Å². The number of ether oxygens (including phenoxy) is 2. The number of non-ortho nitro benzene ring substituents is 1. The number of hydrogen-bond donors (Lipinski definition) is 1. The van der Waals surface area contributed by atoms with Crippen LogP contribution in [-0.4, -0.2) is 30.8 Å². The minimum absolute atomic E-state index is 0.0720. The van der Waals surface area contributed by atoms with Crippen molar-refractivity contribution in [3.63, 3.8) is 0 Å². The van der Waals surface area contributed by atoms with E-state index in [1.165, 1.54) is 6.07 Å². The van der Waals surface area contributed by atoms with Crippen LogP contribution in [0.3, 0.4) is 0 Å². The maximum Gasteiger partial charge on any atom is 0.270 e. The van der Waals surface area contributed by atoms with Crippen LogP contribution < -0.4 is 10.1 Å². The van der Waals surface area contributed by atoms with E-state index in [0.717, 1.165) is 5.56 Å². The largest absolute Gasteiger partial charge is 0.491 e. The summed E-state index contributed by atoms with van der Waals surface area (Å²) in [5.41, 5.74) is 0.854. The number of rotatable bonds is 9. The van der Waals surface area contributed by atoms with Gasteiger partial charge in [0.05, 0.1) is 11.5 Å². The monoisotopic (exact) mass is 282 g/mol. The lowest BCUT2D eigenvalue weighted by Crippen LogP contribution is -2.22. The quantitative estimate of drug-likeness (QED) is 0.428. The van der Waals surface area contributed by atoms with Crippen LogP contribution in [0.25, 0.3) is 0 Å². The Labute approximate surface area is 119 Å². The van der Waals surface area contributed by atoms with Crippen LogP contribution in [0, 0.1) is 10.1 Å². The van der Waals surface area contributed by atoms with Crippen molar-refractivity contribution in [3.05, 3.63) is 33.9 Å². The predicted octanol–water partition coefficient (Wildman–Crippen LogP) is 2.51. The highest BCUT2D eigenvalue weighted by Crippen LogP contribution is 2.24. The Bertz CT molecular complexity index is 435. The summed E-state index contributed by atoms with van der Waals surface area (Å²) in [6, 6.07) is 4.94. The van der Waals surface area contributed by atoms with Crippen LogP contribution in [0.1, 0.15) is 26.3 Å². The molecule has 1 aromatic rings. The minimum Gasteiger partial charge on any atom is -0.491 e. The zero-order valence-corrected chi connectivity index (χ0v) is 12.2. The fraction of sp³-hybridized carbons (Fsp3) is 0.571. The van der Waals surface area contributed by atoms with E-state index < -0.39 is 4.92 Å². The van der Waals surface area contributed by atoms with Crippen molar-refractivity contribution in [2.75, 3.05) is 19.8 Å². The first kappa shape index (κ1) is 16.4. The Kier molecular flexibility index (Phi) is 6.97. The molecule has 0 fully saturated rings. The highest BCUT2D eigenvalue weighted by atomic mass is 16.6. The second-order valence-electron chi connectivity index (χ2n) is 4.63. The Hall–Kier alpha value is -1.66. The molecule has 0 unspecified atom stereocenters. The zero-order chi connectivity index (χ0) is 15.0. The van der Waals surface area contributed by atoms with E-state index in [1.807, 2.05) is 20.8 Å². The molecule has 0 heterocycles. The van der Waals surface area contributed by atoms with E-state index in [-0.39, 0.29) is 5.69 Å². The van der Waals surface area contributed by atoms with E-state index in [0.29, 0.717) is 38.2 Å². The van der Waals surface area contributed by atoms with Gasteiger partial charge in [0.25, 0.3) is 5.69 Å². The number of nitro groups is 1. The van der Waals surface area contributed by atoms with Crippen LogP contribution in [0.5, 0.6) is 5.75 Å². The van der Waals surface area contributed by atoms with Gasteiger partial charge < -0.3 is 14.8 Å². The van der Waals surface area contributed by atoms with Crippen LogP contribution >= 0.6 is 0 Å². The molecule has 0 spiro atoms. The molecule has 1 N–H and O–H groups in total. The molecule has 6 nitrogen and oxygen atoms in total. The van der Waals surface area contributed by atoms with E-state index in [4.69, 9.17) is 9.47 Å². The van der Waals surface area contributed by atoms with E-state index in [1.54, 1.807) is 12.1 Å². The highest BCUT2D eigenvalue weighted by Gasteiger charge is 2.12. The lowest BCUT2D eigenvalue weighted by atomic mass is 10.1. The molecule has 0 aliphatic heterocycles. The van der Waals surface area contributed by atoms with Gasteiger partial charge in [0, 0.05) is 36.9 Å². The van der Waals surface area contributed by atoms with Crippen LogP contribution in [-0.2, 0) is 11.3 Å².